The van der Waals surface area contributed by atoms with E-state index in [0.29, 0.717) is 24.3 Å². The molecule has 0 atom stereocenters. The molecule has 6 heteroatoms. The van der Waals surface area contributed by atoms with Gasteiger partial charge >= 0.3 is 0 Å². The quantitative estimate of drug-likeness (QED) is 0.647. The fourth-order valence-electron chi connectivity index (χ4n) is 3.34. The van der Waals surface area contributed by atoms with Crippen LogP contribution in [0.2, 0.25) is 0 Å². The smallest absolute Gasteiger partial charge is 0.159 e. The summed E-state index contributed by atoms with van der Waals surface area (Å²) in [6, 6.07) is 7.71. The van der Waals surface area contributed by atoms with E-state index >= 15 is 0 Å². The number of anilines is 1. The highest BCUT2D eigenvalue weighted by Crippen LogP contribution is 2.34. The third kappa shape index (κ3) is 3.17. The molecule has 0 radical (unpaired) electrons. The lowest BCUT2D eigenvalue weighted by atomic mass is 9.92. The summed E-state index contributed by atoms with van der Waals surface area (Å²) in [5.41, 5.74) is 3.59. The molecule has 140 valence electrons. The minimum atomic E-state index is -0.896. The van der Waals surface area contributed by atoms with Gasteiger partial charge in [0.1, 0.15) is 5.82 Å². The Hall–Kier alpha value is -3.41. The molecule has 1 saturated heterocycles. The second kappa shape index (κ2) is 7.31. The molecule has 0 bridgehead atoms. The molecule has 0 saturated carbocycles. The summed E-state index contributed by atoms with van der Waals surface area (Å²) in [6.45, 7) is 9.01. The van der Waals surface area contributed by atoms with Gasteiger partial charge in [-0.15, -0.1) is 0 Å². The van der Waals surface area contributed by atoms with Gasteiger partial charge in [0.2, 0.25) is 0 Å². The first kappa shape index (κ1) is 18.0. The second-order valence-corrected chi connectivity index (χ2v) is 6.57. The van der Waals surface area contributed by atoms with Crippen molar-refractivity contribution in [3.8, 4) is 11.3 Å². The van der Waals surface area contributed by atoms with E-state index in [2.05, 4.69) is 33.0 Å². The number of hydrogen-bond acceptors (Lipinski definition) is 4. The van der Waals surface area contributed by atoms with Gasteiger partial charge in [0.05, 0.1) is 17.1 Å². The summed E-state index contributed by atoms with van der Waals surface area (Å²) in [5.74, 6) is -0.788. The summed E-state index contributed by atoms with van der Waals surface area (Å²) in [6.07, 6.45) is 6.64. The molecule has 4 nitrogen and oxygen atoms in total. The van der Waals surface area contributed by atoms with Crippen molar-refractivity contribution >= 4 is 18.0 Å². The van der Waals surface area contributed by atoms with E-state index in [-0.39, 0.29) is 5.92 Å². The molecule has 4 rings (SSSR count). The van der Waals surface area contributed by atoms with Crippen LogP contribution < -0.4 is 4.90 Å². The molecule has 0 unspecified atom stereocenters. The predicted octanol–water partition coefficient (Wildman–Crippen LogP) is 4.71. The molecule has 0 aliphatic carbocycles. The van der Waals surface area contributed by atoms with Crippen LogP contribution in [-0.2, 0) is 0 Å². The van der Waals surface area contributed by atoms with Crippen LogP contribution in [0, 0.1) is 11.6 Å². The van der Waals surface area contributed by atoms with Crippen molar-refractivity contribution in [3.63, 3.8) is 0 Å². The minimum Gasteiger partial charge on any atom is -0.355 e. The molecule has 0 spiro atoms. The first-order valence-electron chi connectivity index (χ1n) is 8.88. The van der Waals surface area contributed by atoms with Gasteiger partial charge in [-0.1, -0.05) is 19.2 Å². The first-order chi connectivity index (χ1) is 13.6. The zero-order chi connectivity index (χ0) is 19.7. The van der Waals surface area contributed by atoms with Gasteiger partial charge < -0.3 is 4.90 Å². The van der Waals surface area contributed by atoms with Gasteiger partial charge in [0.25, 0.3) is 0 Å². The summed E-state index contributed by atoms with van der Waals surface area (Å²) in [7, 11) is 0. The zero-order valence-electron chi connectivity index (χ0n) is 15.1. The summed E-state index contributed by atoms with van der Waals surface area (Å²) >= 11 is 0. The maximum absolute atomic E-state index is 13.7. The average molecular weight is 376 g/mol. The summed E-state index contributed by atoms with van der Waals surface area (Å²) in [4.78, 5) is 15.6. The lowest BCUT2D eigenvalue weighted by molar-refractivity contribution is 0.506. The van der Waals surface area contributed by atoms with Gasteiger partial charge in [0, 0.05) is 37.0 Å². The number of pyridine rings is 1. The Labute approximate surface area is 161 Å². The summed E-state index contributed by atoms with van der Waals surface area (Å²) < 4.78 is 26.9. The number of aromatic nitrogens is 3. The highest BCUT2D eigenvalue weighted by Gasteiger charge is 2.32. The van der Waals surface area contributed by atoms with E-state index in [1.807, 2.05) is 12.1 Å². The van der Waals surface area contributed by atoms with Crippen molar-refractivity contribution < 1.29 is 8.78 Å². The largest absolute Gasteiger partial charge is 0.355 e. The van der Waals surface area contributed by atoms with Crippen LogP contribution in [0.4, 0.5) is 14.6 Å². The Balaban J connectivity index is 1.58. The Morgan fingerprint density at radius 3 is 2.46 bits per heavy atom. The van der Waals surface area contributed by atoms with Crippen molar-refractivity contribution in [2.75, 3.05) is 18.0 Å². The van der Waals surface area contributed by atoms with Gasteiger partial charge in [-0.3, -0.25) is 9.97 Å². The topological polar surface area (TPSA) is 41.9 Å². The van der Waals surface area contributed by atoms with E-state index < -0.39 is 11.6 Å². The van der Waals surface area contributed by atoms with Gasteiger partial charge in [0.15, 0.2) is 11.6 Å². The van der Waals surface area contributed by atoms with Crippen molar-refractivity contribution in [2.24, 2.45) is 0 Å². The van der Waals surface area contributed by atoms with E-state index in [4.69, 9.17) is 0 Å². The van der Waals surface area contributed by atoms with E-state index in [9.17, 15) is 8.78 Å². The van der Waals surface area contributed by atoms with E-state index in [1.165, 1.54) is 6.07 Å². The first-order valence-corrected chi connectivity index (χ1v) is 8.88. The van der Waals surface area contributed by atoms with Crippen LogP contribution in [0.15, 0.2) is 55.9 Å². The maximum Gasteiger partial charge on any atom is 0.159 e. The van der Waals surface area contributed by atoms with Crippen molar-refractivity contribution in [3.05, 3.63) is 84.5 Å². The second-order valence-electron chi connectivity index (χ2n) is 6.57. The minimum absolute atomic E-state index is 0.130. The number of nitrogens with zero attached hydrogens (tertiary/aromatic N) is 4. The van der Waals surface area contributed by atoms with Crippen LogP contribution in [0.5, 0.6) is 0 Å². The van der Waals surface area contributed by atoms with Crippen LogP contribution in [-0.4, -0.2) is 28.0 Å². The molecular formula is C22H18F2N4. The molecule has 2 aromatic heterocycles. The fourth-order valence-corrected chi connectivity index (χ4v) is 3.34. The van der Waals surface area contributed by atoms with Crippen LogP contribution >= 0.6 is 0 Å². The Kier molecular flexibility index (Phi) is 4.69. The van der Waals surface area contributed by atoms with Crippen LogP contribution in [0.1, 0.15) is 22.9 Å². The lowest BCUT2D eigenvalue weighted by Crippen LogP contribution is -2.46. The molecule has 0 amide bonds. The van der Waals surface area contributed by atoms with Gasteiger partial charge in [-0.05, 0) is 42.0 Å². The Morgan fingerprint density at radius 2 is 1.75 bits per heavy atom. The van der Waals surface area contributed by atoms with Crippen molar-refractivity contribution in [1.82, 2.24) is 15.0 Å². The molecule has 1 aliphatic heterocycles. The molecule has 0 N–H and O–H groups in total. The predicted molar refractivity (Wildman–Crippen MR) is 107 cm³/mol. The summed E-state index contributed by atoms with van der Waals surface area (Å²) in [5, 5.41) is 0. The van der Waals surface area contributed by atoms with Crippen molar-refractivity contribution in [2.45, 2.75) is 5.92 Å². The molecule has 3 aromatic rings. The molecule has 28 heavy (non-hydrogen) atoms. The highest BCUT2D eigenvalue weighted by molar-refractivity contribution is 5.65. The van der Waals surface area contributed by atoms with E-state index in [0.717, 1.165) is 34.9 Å². The van der Waals surface area contributed by atoms with Crippen LogP contribution in [0.25, 0.3) is 23.4 Å². The molecule has 1 fully saturated rings. The molecular weight excluding hydrogens is 358 g/mol. The number of halogens is 2. The normalized spacial score (nSPS) is 13.9. The molecule has 1 aliphatic rings. The monoisotopic (exact) mass is 376 g/mol. The lowest BCUT2D eigenvalue weighted by Gasteiger charge is -2.40. The molecule has 3 heterocycles. The maximum atomic E-state index is 13.7. The zero-order valence-corrected chi connectivity index (χ0v) is 15.1. The number of rotatable bonds is 5. The Bertz CT molecular complexity index is 1060. The number of hydrogen-bond donors (Lipinski definition) is 0. The highest BCUT2D eigenvalue weighted by atomic mass is 19.2. The van der Waals surface area contributed by atoms with Crippen LogP contribution in [0.3, 0.4) is 0 Å². The number of benzene rings is 1. The van der Waals surface area contributed by atoms with Crippen molar-refractivity contribution in [1.29, 1.82) is 0 Å². The molecule has 1 aromatic carbocycles. The van der Waals surface area contributed by atoms with Gasteiger partial charge in [-0.25, -0.2) is 13.8 Å². The van der Waals surface area contributed by atoms with E-state index in [1.54, 1.807) is 24.5 Å². The standard InChI is InChI=1S/C22H18F2N4/c1-3-14-6-8-20(27-19(14)4-2)28-12-16(13-28)22-21(25-9-10-26-22)15-5-7-17(23)18(24)11-15/h3-11,16H,1-2,12-13H2. The fraction of sp³-hybridized carbons (Fsp3) is 0.136. The SMILES string of the molecule is C=Cc1ccc(N2CC(c3nccnc3-c3ccc(F)c(F)c3)C2)nc1C=C. The average Bonchev–Trinajstić information content (AvgIpc) is 2.69. The Morgan fingerprint density at radius 1 is 0.964 bits per heavy atom. The third-order valence-corrected chi connectivity index (χ3v) is 4.87. The third-order valence-electron chi connectivity index (χ3n) is 4.87. The van der Waals surface area contributed by atoms with Gasteiger partial charge in [-0.2, -0.15) is 0 Å².